The number of nitrogens with zero attached hydrogens (tertiary/aromatic N) is 2. The van der Waals surface area contributed by atoms with E-state index < -0.39 is 0 Å². The number of aromatic amines is 1. The molecule has 0 saturated carbocycles. The van der Waals surface area contributed by atoms with Crippen LogP contribution in [0, 0.1) is 0 Å². The number of hydrogen-bond donors (Lipinski definition) is 2. The molecule has 6 nitrogen and oxygen atoms in total. The fraction of sp³-hybridized carbons (Fsp3) is 0.308. The van der Waals surface area contributed by atoms with E-state index in [1.807, 2.05) is 17.7 Å². The van der Waals surface area contributed by atoms with Crippen LogP contribution < -0.4 is 10.9 Å². The summed E-state index contributed by atoms with van der Waals surface area (Å²) >= 11 is 0. The predicted molar refractivity (Wildman–Crippen MR) is 70.8 cm³/mol. The second kappa shape index (κ2) is 5.99. The molecule has 0 saturated heterocycles. The van der Waals surface area contributed by atoms with E-state index in [0.717, 1.165) is 6.42 Å². The first-order valence-corrected chi connectivity index (χ1v) is 6.15. The maximum absolute atomic E-state index is 12.0. The lowest BCUT2D eigenvalue weighted by atomic mass is 10.2. The number of amides is 1. The fourth-order valence-electron chi connectivity index (χ4n) is 1.77. The van der Waals surface area contributed by atoms with Gasteiger partial charge in [0.2, 0.25) is 5.56 Å². The standard InChI is InChI=1S/C13H16N4O2/c1-2-10(8-17-7-6-14-9-17)15-13(19)11-4-3-5-12(18)16-11/h3-7,9-10H,2,8H2,1H3,(H,15,19)(H,16,18)/t10-/m0/s1. The van der Waals surface area contributed by atoms with Gasteiger partial charge in [0.25, 0.3) is 5.91 Å². The number of carbonyl (C=O) groups is 1. The third-order valence-corrected chi connectivity index (χ3v) is 2.83. The Bertz CT molecular complexity index is 589. The van der Waals surface area contributed by atoms with Gasteiger partial charge in [-0.3, -0.25) is 9.59 Å². The molecule has 2 rings (SSSR count). The number of aromatic nitrogens is 3. The highest BCUT2D eigenvalue weighted by Gasteiger charge is 2.13. The van der Waals surface area contributed by atoms with Crippen molar-refractivity contribution in [1.29, 1.82) is 0 Å². The van der Waals surface area contributed by atoms with Gasteiger partial charge in [0.05, 0.1) is 6.33 Å². The fourth-order valence-corrected chi connectivity index (χ4v) is 1.77. The molecular formula is C13H16N4O2. The summed E-state index contributed by atoms with van der Waals surface area (Å²) < 4.78 is 1.90. The first-order valence-electron chi connectivity index (χ1n) is 6.15. The molecular weight excluding hydrogens is 244 g/mol. The molecule has 0 fully saturated rings. The van der Waals surface area contributed by atoms with Crippen molar-refractivity contribution in [3.05, 3.63) is 53.0 Å². The van der Waals surface area contributed by atoms with Gasteiger partial charge in [0, 0.05) is 31.0 Å². The SMILES string of the molecule is CC[C@@H](Cn1ccnc1)NC(=O)c1cccc(=O)[nH]1. The lowest BCUT2D eigenvalue weighted by Crippen LogP contribution is -2.38. The minimum absolute atomic E-state index is 0.00888. The van der Waals surface area contributed by atoms with Crippen molar-refractivity contribution in [1.82, 2.24) is 19.9 Å². The number of carbonyl (C=O) groups excluding carboxylic acids is 1. The highest BCUT2D eigenvalue weighted by atomic mass is 16.2. The van der Waals surface area contributed by atoms with Gasteiger partial charge < -0.3 is 14.9 Å². The second-order valence-electron chi connectivity index (χ2n) is 4.27. The van der Waals surface area contributed by atoms with E-state index in [9.17, 15) is 9.59 Å². The van der Waals surface area contributed by atoms with Crippen LogP contribution in [0.15, 0.2) is 41.7 Å². The highest BCUT2D eigenvalue weighted by Crippen LogP contribution is 1.99. The average molecular weight is 260 g/mol. The van der Waals surface area contributed by atoms with Crippen LogP contribution in [0.5, 0.6) is 0 Å². The average Bonchev–Trinajstić information content (AvgIpc) is 2.90. The van der Waals surface area contributed by atoms with E-state index >= 15 is 0 Å². The largest absolute Gasteiger partial charge is 0.346 e. The zero-order chi connectivity index (χ0) is 13.7. The van der Waals surface area contributed by atoms with Crippen molar-refractivity contribution in [3.63, 3.8) is 0 Å². The monoisotopic (exact) mass is 260 g/mol. The summed E-state index contributed by atoms with van der Waals surface area (Å²) in [5.74, 6) is -0.273. The predicted octanol–water partition coefficient (Wildman–Crippen LogP) is 0.780. The van der Waals surface area contributed by atoms with Gasteiger partial charge in [-0.05, 0) is 12.5 Å². The molecule has 6 heteroatoms. The topological polar surface area (TPSA) is 79.8 Å². The zero-order valence-electron chi connectivity index (χ0n) is 10.7. The Kier molecular flexibility index (Phi) is 4.12. The number of rotatable bonds is 5. The van der Waals surface area contributed by atoms with E-state index in [2.05, 4.69) is 15.3 Å². The Hall–Kier alpha value is -2.37. The van der Waals surface area contributed by atoms with Gasteiger partial charge in [-0.2, -0.15) is 0 Å². The van der Waals surface area contributed by atoms with E-state index in [1.165, 1.54) is 6.07 Å². The smallest absolute Gasteiger partial charge is 0.268 e. The molecule has 2 heterocycles. The molecule has 0 aliphatic carbocycles. The van der Waals surface area contributed by atoms with Crippen molar-refractivity contribution in [2.45, 2.75) is 25.9 Å². The molecule has 0 unspecified atom stereocenters. The van der Waals surface area contributed by atoms with E-state index in [0.29, 0.717) is 6.54 Å². The number of nitrogens with one attached hydrogen (secondary N) is 2. The molecule has 19 heavy (non-hydrogen) atoms. The Morgan fingerprint density at radius 3 is 3.00 bits per heavy atom. The van der Waals surface area contributed by atoms with Gasteiger partial charge in [0.15, 0.2) is 0 Å². The van der Waals surface area contributed by atoms with Gasteiger partial charge in [-0.15, -0.1) is 0 Å². The number of H-pyrrole nitrogens is 1. The van der Waals surface area contributed by atoms with Crippen molar-refractivity contribution in [3.8, 4) is 0 Å². The van der Waals surface area contributed by atoms with Gasteiger partial charge in [-0.1, -0.05) is 13.0 Å². The Morgan fingerprint density at radius 2 is 2.37 bits per heavy atom. The molecule has 0 aliphatic rings. The molecule has 0 aromatic carbocycles. The van der Waals surface area contributed by atoms with Crippen LogP contribution in [-0.2, 0) is 6.54 Å². The summed E-state index contributed by atoms with van der Waals surface area (Å²) in [4.78, 5) is 29.6. The first kappa shape index (κ1) is 13.1. The summed E-state index contributed by atoms with van der Waals surface area (Å²) in [5.41, 5.74) is -0.00751. The van der Waals surface area contributed by atoms with Crippen LogP contribution in [0.25, 0.3) is 0 Å². The van der Waals surface area contributed by atoms with Crippen LogP contribution in [0.4, 0.5) is 0 Å². The second-order valence-corrected chi connectivity index (χ2v) is 4.27. The molecule has 0 aliphatic heterocycles. The third kappa shape index (κ3) is 3.54. The zero-order valence-corrected chi connectivity index (χ0v) is 10.7. The number of pyridine rings is 1. The first-order chi connectivity index (χ1) is 9.19. The Labute approximate surface area is 110 Å². The molecule has 0 radical (unpaired) electrons. The van der Waals surface area contributed by atoms with Gasteiger partial charge >= 0.3 is 0 Å². The Balaban J connectivity index is 2.02. The summed E-state index contributed by atoms with van der Waals surface area (Å²) in [7, 11) is 0. The van der Waals surface area contributed by atoms with Crippen molar-refractivity contribution in [2.75, 3.05) is 0 Å². The van der Waals surface area contributed by atoms with Gasteiger partial charge in [-0.25, -0.2) is 4.98 Å². The van der Waals surface area contributed by atoms with Crippen LogP contribution >= 0.6 is 0 Å². The molecule has 1 amide bonds. The van der Waals surface area contributed by atoms with Crippen LogP contribution in [0.3, 0.4) is 0 Å². The number of hydrogen-bond acceptors (Lipinski definition) is 3. The quantitative estimate of drug-likeness (QED) is 0.833. The molecule has 100 valence electrons. The Morgan fingerprint density at radius 1 is 1.53 bits per heavy atom. The molecule has 2 aromatic rings. The van der Waals surface area contributed by atoms with Crippen molar-refractivity contribution >= 4 is 5.91 Å². The summed E-state index contributed by atoms with van der Waals surface area (Å²) in [6.07, 6.45) is 6.04. The van der Waals surface area contributed by atoms with E-state index in [1.54, 1.807) is 24.7 Å². The number of imidazole rings is 1. The molecule has 2 N–H and O–H groups in total. The van der Waals surface area contributed by atoms with E-state index in [4.69, 9.17) is 0 Å². The molecule has 0 bridgehead atoms. The third-order valence-electron chi connectivity index (χ3n) is 2.83. The maximum atomic E-state index is 12.0. The lowest BCUT2D eigenvalue weighted by Gasteiger charge is -2.17. The van der Waals surface area contributed by atoms with Gasteiger partial charge in [0.1, 0.15) is 5.69 Å². The maximum Gasteiger partial charge on any atom is 0.268 e. The molecule has 0 spiro atoms. The lowest BCUT2D eigenvalue weighted by molar-refractivity contribution is 0.0926. The van der Waals surface area contributed by atoms with E-state index in [-0.39, 0.29) is 23.2 Å². The summed E-state index contributed by atoms with van der Waals surface area (Å²) in [5, 5.41) is 2.89. The summed E-state index contributed by atoms with van der Waals surface area (Å²) in [6.45, 7) is 2.65. The van der Waals surface area contributed by atoms with Crippen molar-refractivity contribution < 1.29 is 4.79 Å². The summed E-state index contributed by atoms with van der Waals surface area (Å²) in [6, 6.07) is 4.51. The van der Waals surface area contributed by atoms with Crippen LogP contribution in [0.2, 0.25) is 0 Å². The minimum atomic E-state index is -0.282. The van der Waals surface area contributed by atoms with Crippen LogP contribution in [0.1, 0.15) is 23.8 Å². The van der Waals surface area contributed by atoms with Crippen LogP contribution in [-0.4, -0.2) is 26.5 Å². The molecule has 1 atom stereocenters. The minimum Gasteiger partial charge on any atom is -0.346 e. The normalized spacial score (nSPS) is 12.1. The highest BCUT2D eigenvalue weighted by molar-refractivity contribution is 5.92. The molecule has 2 aromatic heterocycles. The van der Waals surface area contributed by atoms with Crippen molar-refractivity contribution in [2.24, 2.45) is 0 Å².